The summed E-state index contributed by atoms with van der Waals surface area (Å²) in [5.41, 5.74) is 5.38. The van der Waals surface area contributed by atoms with E-state index in [1.54, 1.807) is 0 Å². The SMILES string of the molecule is Cc1nn(C)c(C)c1-c1cc(C(=O)NCC(c2ccccc2)N2CCCCCC2)[nH]n1. The monoisotopic (exact) mass is 420 g/mol. The average Bonchev–Trinajstić information content (AvgIpc) is 3.22. The molecule has 2 aromatic heterocycles. The van der Waals surface area contributed by atoms with E-state index in [9.17, 15) is 4.79 Å². The van der Waals surface area contributed by atoms with E-state index in [-0.39, 0.29) is 11.9 Å². The maximum absolute atomic E-state index is 12.9. The summed E-state index contributed by atoms with van der Waals surface area (Å²) in [7, 11) is 1.92. The van der Waals surface area contributed by atoms with Gasteiger partial charge in [0, 0.05) is 24.8 Å². The van der Waals surface area contributed by atoms with Crippen LogP contribution in [0.15, 0.2) is 36.4 Å². The van der Waals surface area contributed by atoms with E-state index in [1.165, 1.54) is 31.2 Å². The van der Waals surface area contributed by atoms with E-state index >= 15 is 0 Å². The van der Waals surface area contributed by atoms with Crippen LogP contribution in [-0.2, 0) is 7.05 Å². The molecule has 0 aliphatic carbocycles. The molecule has 1 aromatic carbocycles. The van der Waals surface area contributed by atoms with Gasteiger partial charge in [-0.1, -0.05) is 43.2 Å². The lowest BCUT2D eigenvalue weighted by Gasteiger charge is -2.31. The number of benzene rings is 1. The Kier molecular flexibility index (Phi) is 6.51. The summed E-state index contributed by atoms with van der Waals surface area (Å²) in [4.78, 5) is 15.4. The summed E-state index contributed by atoms with van der Waals surface area (Å²) in [5.74, 6) is -0.131. The van der Waals surface area contributed by atoms with Crippen molar-refractivity contribution in [2.75, 3.05) is 19.6 Å². The van der Waals surface area contributed by atoms with E-state index in [2.05, 4.69) is 49.8 Å². The molecule has 1 fully saturated rings. The van der Waals surface area contributed by atoms with Crippen molar-refractivity contribution in [2.45, 2.75) is 45.6 Å². The third-order valence-corrected chi connectivity index (χ3v) is 6.31. The fourth-order valence-electron chi connectivity index (χ4n) is 4.53. The fourth-order valence-corrected chi connectivity index (χ4v) is 4.53. The number of H-pyrrole nitrogens is 1. The number of rotatable bonds is 6. The Morgan fingerprint density at radius 1 is 1.13 bits per heavy atom. The number of carbonyl (C=O) groups excluding carboxylic acids is 1. The normalized spacial score (nSPS) is 16.1. The van der Waals surface area contributed by atoms with Gasteiger partial charge in [-0.3, -0.25) is 19.5 Å². The molecule has 0 radical (unpaired) electrons. The van der Waals surface area contributed by atoms with Crippen LogP contribution < -0.4 is 5.32 Å². The molecule has 0 saturated carbocycles. The van der Waals surface area contributed by atoms with Gasteiger partial charge < -0.3 is 5.32 Å². The Labute approximate surface area is 183 Å². The summed E-state index contributed by atoms with van der Waals surface area (Å²) in [6.45, 7) is 6.69. The number of carbonyl (C=O) groups is 1. The molecule has 1 unspecified atom stereocenters. The van der Waals surface area contributed by atoms with E-state index < -0.39 is 0 Å². The highest BCUT2D eigenvalue weighted by Gasteiger charge is 2.23. The lowest BCUT2D eigenvalue weighted by atomic mass is 10.0. The van der Waals surface area contributed by atoms with Crippen molar-refractivity contribution in [3.05, 3.63) is 59.0 Å². The van der Waals surface area contributed by atoms with Crippen LogP contribution in [0.2, 0.25) is 0 Å². The predicted octanol–water partition coefficient (Wildman–Crippen LogP) is 3.77. The first kappa shape index (κ1) is 21.3. The van der Waals surface area contributed by atoms with Gasteiger partial charge in [0.05, 0.1) is 17.4 Å². The summed E-state index contributed by atoms with van der Waals surface area (Å²) >= 11 is 0. The third kappa shape index (κ3) is 4.71. The van der Waals surface area contributed by atoms with Crippen molar-refractivity contribution in [1.29, 1.82) is 0 Å². The third-order valence-electron chi connectivity index (χ3n) is 6.31. The number of aromatic amines is 1. The van der Waals surface area contributed by atoms with Gasteiger partial charge in [-0.15, -0.1) is 0 Å². The highest BCUT2D eigenvalue weighted by Crippen LogP contribution is 2.26. The van der Waals surface area contributed by atoms with Crippen molar-refractivity contribution in [2.24, 2.45) is 7.05 Å². The first-order valence-electron chi connectivity index (χ1n) is 11.2. The molecule has 1 atom stereocenters. The molecule has 3 aromatic rings. The molecular formula is C24H32N6O. The van der Waals surface area contributed by atoms with Crippen LogP contribution in [0, 0.1) is 13.8 Å². The highest BCUT2D eigenvalue weighted by molar-refractivity contribution is 5.93. The quantitative estimate of drug-likeness (QED) is 0.636. The Balaban J connectivity index is 1.48. The van der Waals surface area contributed by atoms with Gasteiger partial charge in [0.2, 0.25) is 0 Å². The zero-order valence-electron chi connectivity index (χ0n) is 18.7. The first-order valence-corrected chi connectivity index (χ1v) is 11.2. The van der Waals surface area contributed by atoms with Gasteiger partial charge in [-0.2, -0.15) is 10.2 Å². The number of likely N-dealkylation sites (tertiary alicyclic amines) is 1. The van der Waals surface area contributed by atoms with Crippen molar-refractivity contribution >= 4 is 5.91 Å². The average molecular weight is 421 g/mol. The summed E-state index contributed by atoms with van der Waals surface area (Å²) in [6.07, 6.45) is 5.00. The minimum atomic E-state index is -0.131. The number of hydrogen-bond donors (Lipinski definition) is 2. The van der Waals surface area contributed by atoms with Crippen LogP contribution in [0.4, 0.5) is 0 Å². The van der Waals surface area contributed by atoms with Crippen LogP contribution in [0.25, 0.3) is 11.3 Å². The van der Waals surface area contributed by atoms with Gasteiger partial charge in [0.1, 0.15) is 5.69 Å². The smallest absolute Gasteiger partial charge is 0.269 e. The topological polar surface area (TPSA) is 78.8 Å². The molecule has 1 aliphatic rings. The van der Waals surface area contributed by atoms with Crippen LogP contribution >= 0.6 is 0 Å². The fraction of sp³-hybridized carbons (Fsp3) is 0.458. The molecule has 4 rings (SSSR count). The largest absolute Gasteiger partial charge is 0.349 e. The maximum atomic E-state index is 12.9. The van der Waals surface area contributed by atoms with Crippen molar-refractivity contribution in [1.82, 2.24) is 30.2 Å². The minimum Gasteiger partial charge on any atom is -0.349 e. The standard InChI is InChI=1S/C24H32N6O/c1-17-23(18(2)29(3)28-17)20-15-21(27-26-20)24(31)25-16-22(19-11-7-6-8-12-19)30-13-9-4-5-10-14-30/h6-8,11-12,15,22H,4-5,9-10,13-14,16H2,1-3H3,(H,25,31)(H,26,27). The maximum Gasteiger partial charge on any atom is 0.269 e. The van der Waals surface area contributed by atoms with Crippen molar-refractivity contribution in [3.63, 3.8) is 0 Å². The molecule has 7 heteroatoms. The molecule has 31 heavy (non-hydrogen) atoms. The van der Waals surface area contributed by atoms with Crippen LogP contribution in [-0.4, -0.2) is 50.4 Å². The Morgan fingerprint density at radius 3 is 2.48 bits per heavy atom. The van der Waals surface area contributed by atoms with Crippen LogP contribution in [0.1, 0.15) is 59.2 Å². The molecule has 2 N–H and O–H groups in total. The zero-order valence-corrected chi connectivity index (χ0v) is 18.7. The van der Waals surface area contributed by atoms with Gasteiger partial charge >= 0.3 is 0 Å². The second-order valence-electron chi connectivity index (χ2n) is 8.42. The Bertz CT molecular complexity index is 1010. The molecule has 164 valence electrons. The molecule has 0 spiro atoms. The van der Waals surface area contributed by atoms with Crippen LogP contribution in [0.5, 0.6) is 0 Å². The number of aryl methyl sites for hydroxylation is 2. The number of nitrogens with one attached hydrogen (secondary N) is 2. The van der Waals surface area contributed by atoms with E-state index in [0.29, 0.717) is 12.2 Å². The van der Waals surface area contributed by atoms with Crippen molar-refractivity contribution in [3.8, 4) is 11.3 Å². The van der Waals surface area contributed by atoms with Gasteiger partial charge in [-0.25, -0.2) is 0 Å². The van der Waals surface area contributed by atoms with Crippen molar-refractivity contribution < 1.29 is 4.79 Å². The molecular weight excluding hydrogens is 388 g/mol. The van der Waals surface area contributed by atoms with E-state index in [1.807, 2.05) is 37.7 Å². The molecule has 1 amide bonds. The zero-order chi connectivity index (χ0) is 21.8. The number of nitrogens with zero attached hydrogens (tertiary/aromatic N) is 4. The molecule has 1 aliphatic heterocycles. The second kappa shape index (κ2) is 9.47. The van der Waals surface area contributed by atoms with Crippen LogP contribution in [0.3, 0.4) is 0 Å². The lowest BCUT2D eigenvalue weighted by molar-refractivity contribution is 0.0928. The molecule has 7 nitrogen and oxygen atoms in total. The van der Waals surface area contributed by atoms with E-state index in [0.717, 1.165) is 35.7 Å². The molecule has 1 saturated heterocycles. The number of hydrogen-bond acceptors (Lipinski definition) is 4. The van der Waals surface area contributed by atoms with E-state index in [4.69, 9.17) is 0 Å². The second-order valence-corrected chi connectivity index (χ2v) is 8.42. The highest BCUT2D eigenvalue weighted by atomic mass is 16.1. The molecule has 0 bridgehead atoms. The minimum absolute atomic E-state index is 0.131. The Morgan fingerprint density at radius 2 is 1.84 bits per heavy atom. The van der Waals surface area contributed by atoms with Gasteiger partial charge in [0.15, 0.2) is 0 Å². The summed E-state index contributed by atoms with van der Waals surface area (Å²) < 4.78 is 1.84. The number of amides is 1. The molecule has 3 heterocycles. The predicted molar refractivity (Wildman–Crippen MR) is 122 cm³/mol. The number of aromatic nitrogens is 4. The lowest BCUT2D eigenvalue weighted by Crippen LogP contribution is -2.38. The summed E-state index contributed by atoms with van der Waals surface area (Å²) in [6, 6.07) is 12.5. The first-order chi connectivity index (χ1) is 15.0. The van der Waals surface area contributed by atoms with Gasteiger partial charge in [-0.05, 0) is 51.4 Å². The summed E-state index contributed by atoms with van der Waals surface area (Å²) in [5, 5.41) is 14.9. The van der Waals surface area contributed by atoms with Gasteiger partial charge in [0.25, 0.3) is 5.91 Å². The Hall–Kier alpha value is -2.93.